The summed E-state index contributed by atoms with van der Waals surface area (Å²) in [5.74, 6) is 0.982. The van der Waals surface area contributed by atoms with Crippen molar-refractivity contribution in [3.8, 4) is 11.5 Å². The molecule has 33 heavy (non-hydrogen) atoms. The maximum Gasteiger partial charge on any atom is 0.269 e. The minimum Gasteiger partial charge on any atom is -0.493 e. The molecule has 0 spiro atoms. The zero-order valence-electron chi connectivity index (χ0n) is 18.8. The van der Waals surface area contributed by atoms with E-state index in [0.717, 1.165) is 6.42 Å². The second kappa shape index (κ2) is 11.5. The number of carbonyl (C=O) groups excluding carboxylic acids is 2. The first-order valence-electron chi connectivity index (χ1n) is 10.5. The van der Waals surface area contributed by atoms with E-state index in [2.05, 4.69) is 40.0 Å². The molecule has 9 nitrogen and oxygen atoms in total. The second-order valence-electron chi connectivity index (χ2n) is 7.58. The van der Waals surface area contributed by atoms with Crippen LogP contribution in [-0.4, -0.2) is 35.5 Å². The number of aromatic nitrogens is 2. The standard InChI is InChI=1S/C24H27N5O4/c1-16(2)10-13-33-20-9-8-18(15-21(20)32-3)23(31)29-28-22(30)17-6-4-7-19(14-17)27-24-25-11-5-12-26-24/h4-9,11-12,14-16H,10,13H2,1-3H3,(H,28,30)(H,29,31)(H,25,26,27). The summed E-state index contributed by atoms with van der Waals surface area (Å²) < 4.78 is 11.1. The monoisotopic (exact) mass is 449 g/mol. The Hall–Kier alpha value is -4.14. The van der Waals surface area contributed by atoms with E-state index in [1.807, 2.05) is 0 Å². The fraction of sp³-hybridized carbons (Fsp3) is 0.250. The van der Waals surface area contributed by atoms with E-state index in [0.29, 0.717) is 46.8 Å². The molecule has 0 radical (unpaired) electrons. The van der Waals surface area contributed by atoms with Crippen LogP contribution in [0, 0.1) is 5.92 Å². The molecule has 2 amide bonds. The number of benzene rings is 2. The summed E-state index contributed by atoms with van der Waals surface area (Å²) in [6, 6.07) is 13.3. The zero-order chi connectivity index (χ0) is 23.6. The van der Waals surface area contributed by atoms with Gasteiger partial charge in [-0.1, -0.05) is 19.9 Å². The molecule has 0 unspecified atom stereocenters. The van der Waals surface area contributed by atoms with E-state index in [-0.39, 0.29) is 0 Å². The van der Waals surface area contributed by atoms with E-state index in [9.17, 15) is 9.59 Å². The third kappa shape index (κ3) is 6.93. The van der Waals surface area contributed by atoms with Crippen LogP contribution in [0.25, 0.3) is 0 Å². The van der Waals surface area contributed by atoms with Crippen molar-refractivity contribution in [1.29, 1.82) is 0 Å². The number of methoxy groups -OCH3 is 1. The van der Waals surface area contributed by atoms with Gasteiger partial charge in [-0.05, 0) is 54.8 Å². The van der Waals surface area contributed by atoms with Gasteiger partial charge in [0.2, 0.25) is 5.95 Å². The smallest absolute Gasteiger partial charge is 0.269 e. The molecular formula is C24H27N5O4. The fourth-order valence-corrected chi connectivity index (χ4v) is 2.82. The maximum atomic E-state index is 12.5. The van der Waals surface area contributed by atoms with Crippen molar-refractivity contribution in [2.45, 2.75) is 20.3 Å². The van der Waals surface area contributed by atoms with Crippen molar-refractivity contribution >= 4 is 23.5 Å². The minimum atomic E-state index is -0.484. The van der Waals surface area contributed by atoms with Gasteiger partial charge in [-0.3, -0.25) is 20.4 Å². The molecule has 0 fully saturated rings. The van der Waals surface area contributed by atoms with Crippen LogP contribution in [0.5, 0.6) is 11.5 Å². The predicted octanol–water partition coefficient (Wildman–Crippen LogP) is 3.73. The van der Waals surface area contributed by atoms with Crippen LogP contribution in [0.4, 0.5) is 11.6 Å². The lowest BCUT2D eigenvalue weighted by Gasteiger charge is -2.13. The van der Waals surface area contributed by atoms with Crippen LogP contribution >= 0.6 is 0 Å². The summed E-state index contributed by atoms with van der Waals surface area (Å²) in [5, 5.41) is 3.01. The first-order chi connectivity index (χ1) is 16.0. The van der Waals surface area contributed by atoms with Crippen molar-refractivity contribution in [2.75, 3.05) is 19.0 Å². The molecule has 172 valence electrons. The summed E-state index contributed by atoms with van der Waals surface area (Å²) in [7, 11) is 1.51. The average molecular weight is 450 g/mol. The van der Waals surface area contributed by atoms with Crippen LogP contribution in [-0.2, 0) is 0 Å². The van der Waals surface area contributed by atoms with Crippen LogP contribution in [0.15, 0.2) is 60.9 Å². The van der Waals surface area contributed by atoms with Crippen molar-refractivity contribution in [3.05, 3.63) is 72.1 Å². The largest absolute Gasteiger partial charge is 0.493 e. The third-order valence-electron chi connectivity index (χ3n) is 4.61. The molecule has 9 heteroatoms. The highest BCUT2D eigenvalue weighted by Crippen LogP contribution is 2.28. The SMILES string of the molecule is COc1cc(C(=O)NNC(=O)c2cccc(Nc3ncccn3)c2)ccc1OCCC(C)C. The first-order valence-corrected chi connectivity index (χ1v) is 10.5. The van der Waals surface area contributed by atoms with Gasteiger partial charge < -0.3 is 14.8 Å². The number of hydrogen-bond donors (Lipinski definition) is 3. The number of hydrogen-bond acceptors (Lipinski definition) is 7. The molecule has 1 aromatic heterocycles. The molecule has 1 heterocycles. The van der Waals surface area contributed by atoms with Crippen LogP contribution in [0.2, 0.25) is 0 Å². The van der Waals surface area contributed by atoms with Crippen molar-refractivity contribution in [3.63, 3.8) is 0 Å². The van der Waals surface area contributed by atoms with Crippen LogP contribution < -0.4 is 25.6 Å². The molecule has 0 aliphatic heterocycles. The molecular weight excluding hydrogens is 422 g/mol. The normalized spacial score (nSPS) is 10.4. The van der Waals surface area contributed by atoms with E-state index in [1.54, 1.807) is 60.9 Å². The number of rotatable bonds is 9. The molecule has 0 bridgehead atoms. The number of carbonyl (C=O) groups is 2. The quantitative estimate of drug-likeness (QED) is 0.427. The average Bonchev–Trinajstić information content (AvgIpc) is 2.83. The molecule has 2 aromatic carbocycles. The molecule has 0 atom stereocenters. The van der Waals surface area contributed by atoms with E-state index < -0.39 is 11.8 Å². The Bertz CT molecular complexity index is 1090. The van der Waals surface area contributed by atoms with Crippen molar-refractivity contribution in [2.24, 2.45) is 5.92 Å². The van der Waals surface area contributed by atoms with Gasteiger partial charge in [-0.25, -0.2) is 9.97 Å². The van der Waals surface area contributed by atoms with Gasteiger partial charge in [0.05, 0.1) is 13.7 Å². The van der Waals surface area contributed by atoms with Gasteiger partial charge in [-0.2, -0.15) is 0 Å². The maximum absolute atomic E-state index is 12.5. The molecule has 0 aliphatic rings. The number of anilines is 2. The highest BCUT2D eigenvalue weighted by Gasteiger charge is 2.13. The van der Waals surface area contributed by atoms with Crippen LogP contribution in [0.3, 0.4) is 0 Å². The predicted molar refractivity (Wildman–Crippen MR) is 125 cm³/mol. The molecule has 3 N–H and O–H groups in total. The van der Waals surface area contributed by atoms with Crippen molar-refractivity contribution in [1.82, 2.24) is 20.8 Å². The highest BCUT2D eigenvalue weighted by atomic mass is 16.5. The van der Waals surface area contributed by atoms with Crippen molar-refractivity contribution < 1.29 is 19.1 Å². The van der Waals surface area contributed by atoms with Crippen LogP contribution in [0.1, 0.15) is 41.0 Å². The summed E-state index contributed by atoms with van der Waals surface area (Å²) in [4.78, 5) is 33.2. The number of amides is 2. The lowest BCUT2D eigenvalue weighted by Crippen LogP contribution is -2.41. The summed E-state index contributed by atoms with van der Waals surface area (Å²) >= 11 is 0. The molecule has 3 aromatic rings. The van der Waals surface area contributed by atoms with E-state index >= 15 is 0 Å². The van der Waals surface area contributed by atoms with Gasteiger partial charge in [0.25, 0.3) is 11.8 Å². The summed E-state index contributed by atoms with van der Waals surface area (Å²) in [6.45, 7) is 4.79. The van der Waals surface area contributed by atoms with Gasteiger partial charge in [-0.15, -0.1) is 0 Å². The Balaban J connectivity index is 1.59. The Morgan fingerprint density at radius 3 is 2.27 bits per heavy atom. The Labute approximate surface area is 192 Å². The van der Waals surface area contributed by atoms with Gasteiger partial charge in [0.15, 0.2) is 11.5 Å². The summed E-state index contributed by atoms with van der Waals surface area (Å²) in [5.41, 5.74) is 6.14. The number of nitrogens with zero attached hydrogens (tertiary/aromatic N) is 2. The first kappa shape index (κ1) is 23.5. The third-order valence-corrected chi connectivity index (χ3v) is 4.61. The molecule has 0 aliphatic carbocycles. The van der Waals surface area contributed by atoms with Gasteiger partial charge in [0, 0.05) is 29.2 Å². The van der Waals surface area contributed by atoms with E-state index in [1.165, 1.54) is 7.11 Å². The highest BCUT2D eigenvalue weighted by molar-refractivity contribution is 5.99. The molecule has 3 rings (SSSR count). The number of nitrogens with one attached hydrogen (secondary N) is 3. The minimum absolute atomic E-state index is 0.319. The number of hydrazine groups is 1. The number of ether oxygens (including phenoxy) is 2. The Kier molecular flexibility index (Phi) is 8.18. The van der Waals surface area contributed by atoms with Gasteiger partial charge >= 0.3 is 0 Å². The lowest BCUT2D eigenvalue weighted by atomic mass is 10.1. The van der Waals surface area contributed by atoms with Gasteiger partial charge in [0.1, 0.15) is 0 Å². The zero-order valence-corrected chi connectivity index (χ0v) is 18.8. The molecule has 0 saturated carbocycles. The molecule has 0 saturated heterocycles. The topological polar surface area (TPSA) is 114 Å². The Morgan fingerprint density at radius 2 is 1.61 bits per heavy atom. The fourth-order valence-electron chi connectivity index (χ4n) is 2.82. The Morgan fingerprint density at radius 1 is 0.909 bits per heavy atom. The summed E-state index contributed by atoms with van der Waals surface area (Å²) in [6.07, 6.45) is 4.13. The second-order valence-corrected chi connectivity index (χ2v) is 7.58. The lowest BCUT2D eigenvalue weighted by molar-refractivity contribution is 0.0846. The van der Waals surface area contributed by atoms with E-state index in [4.69, 9.17) is 9.47 Å².